The van der Waals surface area contributed by atoms with Gasteiger partial charge in [-0.25, -0.2) is 0 Å². The van der Waals surface area contributed by atoms with E-state index in [4.69, 9.17) is 0 Å². The summed E-state index contributed by atoms with van der Waals surface area (Å²) in [5.74, 6) is 0.0817. The Morgan fingerprint density at radius 3 is 2.41 bits per heavy atom. The molecule has 0 amide bonds. The first-order chi connectivity index (χ1) is 10.7. The average Bonchev–Trinajstić information content (AvgIpc) is 3.00. The van der Waals surface area contributed by atoms with Crippen molar-refractivity contribution in [3.63, 3.8) is 0 Å². The van der Waals surface area contributed by atoms with Gasteiger partial charge in [0.2, 0.25) is 0 Å². The van der Waals surface area contributed by atoms with Gasteiger partial charge in [0.15, 0.2) is 5.78 Å². The van der Waals surface area contributed by atoms with Crippen molar-refractivity contribution < 1.29 is 4.79 Å². The number of carbonyl (C=O) groups is 1. The summed E-state index contributed by atoms with van der Waals surface area (Å²) in [6.07, 6.45) is 7.49. The molecular formula is C19H21NOS. The van der Waals surface area contributed by atoms with E-state index in [2.05, 4.69) is 29.2 Å². The van der Waals surface area contributed by atoms with Crippen molar-refractivity contribution in [2.24, 2.45) is 0 Å². The molecule has 1 fully saturated rings. The lowest BCUT2D eigenvalue weighted by molar-refractivity contribution is 0.105. The van der Waals surface area contributed by atoms with E-state index in [1.807, 2.05) is 25.1 Å². The van der Waals surface area contributed by atoms with Gasteiger partial charge in [0, 0.05) is 23.7 Å². The van der Waals surface area contributed by atoms with E-state index in [-0.39, 0.29) is 5.78 Å². The molecule has 1 aromatic heterocycles. The average molecular weight is 311 g/mol. The SMILES string of the molecule is Cc1ccc(C(=O)/C=C/c2ccc(N3CCCCC3)cc2)s1. The number of carbonyl (C=O) groups excluding carboxylic acids is 1. The number of anilines is 1. The summed E-state index contributed by atoms with van der Waals surface area (Å²) < 4.78 is 0. The fourth-order valence-corrected chi connectivity index (χ4v) is 3.56. The zero-order valence-electron chi connectivity index (χ0n) is 12.9. The molecule has 1 saturated heterocycles. The second-order valence-corrected chi connectivity index (χ2v) is 7.04. The Labute approximate surface area is 136 Å². The monoisotopic (exact) mass is 311 g/mol. The fraction of sp³-hybridized carbons (Fsp3) is 0.316. The molecule has 2 aromatic rings. The number of aryl methyl sites for hydroxylation is 1. The van der Waals surface area contributed by atoms with Crippen LogP contribution in [0.4, 0.5) is 5.69 Å². The highest BCUT2D eigenvalue weighted by Gasteiger charge is 2.10. The molecule has 0 aliphatic carbocycles. The van der Waals surface area contributed by atoms with Crippen molar-refractivity contribution in [3.8, 4) is 0 Å². The summed E-state index contributed by atoms with van der Waals surface area (Å²) in [6, 6.07) is 12.4. The molecule has 2 heterocycles. The number of hydrogen-bond acceptors (Lipinski definition) is 3. The summed E-state index contributed by atoms with van der Waals surface area (Å²) in [7, 11) is 0. The van der Waals surface area contributed by atoms with Crippen LogP contribution in [0, 0.1) is 6.92 Å². The topological polar surface area (TPSA) is 20.3 Å². The number of hydrogen-bond donors (Lipinski definition) is 0. The van der Waals surface area contributed by atoms with Crippen LogP contribution < -0.4 is 4.90 Å². The lowest BCUT2D eigenvalue weighted by Gasteiger charge is -2.28. The van der Waals surface area contributed by atoms with Crippen molar-refractivity contribution in [1.29, 1.82) is 0 Å². The van der Waals surface area contributed by atoms with Crippen LogP contribution in [0.2, 0.25) is 0 Å². The quantitative estimate of drug-likeness (QED) is 0.588. The van der Waals surface area contributed by atoms with Crippen molar-refractivity contribution in [1.82, 2.24) is 0 Å². The maximum Gasteiger partial charge on any atom is 0.195 e. The molecule has 2 nitrogen and oxygen atoms in total. The number of thiophene rings is 1. The summed E-state index contributed by atoms with van der Waals surface area (Å²) in [4.78, 5) is 16.5. The number of allylic oxidation sites excluding steroid dienone is 1. The Morgan fingerprint density at radius 2 is 1.77 bits per heavy atom. The summed E-state index contributed by atoms with van der Waals surface area (Å²) in [5.41, 5.74) is 2.36. The van der Waals surface area contributed by atoms with E-state index in [9.17, 15) is 4.79 Å². The first kappa shape index (κ1) is 15.0. The minimum absolute atomic E-state index is 0.0817. The third-order valence-corrected chi connectivity index (χ3v) is 5.04. The van der Waals surface area contributed by atoms with Crippen LogP contribution >= 0.6 is 11.3 Å². The lowest BCUT2D eigenvalue weighted by Crippen LogP contribution is -2.29. The summed E-state index contributed by atoms with van der Waals surface area (Å²) >= 11 is 1.54. The fourth-order valence-electron chi connectivity index (χ4n) is 2.77. The van der Waals surface area contributed by atoms with Gasteiger partial charge in [-0.3, -0.25) is 4.79 Å². The van der Waals surface area contributed by atoms with Crippen molar-refractivity contribution in [3.05, 3.63) is 57.8 Å². The molecule has 0 N–H and O–H groups in total. The van der Waals surface area contributed by atoms with Gasteiger partial charge in [-0.15, -0.1) is 11.3 Å². The van der Waals surface area contributed by atoms with Crippen LogP contribution in [-0.2, 0) is 0 Å². The molecule has 0 saturated carbocycles. The van der Waals surface area contributed by atoms with Gasteiger partial charge in [0.1, 0.15) is 0 Å². The van der Waals surface area contributed by atoms with Crippen LogP contribution in [0.1, 0.15) is 39.4 Å². The molecule has 3 rings (SSSR count). The maximum atomic E-state index is 12.1. The Bertz CT molecular complexity index is 663. The van der Waals surface area contributed by atoms with Gasteiger partial charge in [-0.2, -0.15) is 0 Å². The molecule has 0 bridgehead atoms. The Balaban J connectivity index is 1.65. The number of piperidine rings is 1. The Kier molecular flexibility index (Phi) is 4.74. The highest BCUT2D eigenvalue weighted by atomic mass is 32.1. The van der Waals surface area contributed by atoms with Crippen LogP contribution in [0.15, 0.2) is 42.5 Å². The molecule has 114 valence electrons. The molecule has 3 heteroatoms. The number of ketones is 1. The third-order valence-electron chi connectivity index (χ3n) is 4.02. The predicted octanol–water partition coefficient (Wildman–Crippen LogP) is 4.94. The van der Waals surface area contributed by atoms with E-state index >= 15 is 0 Å². The zero-order chi connectivity index (χ0) is 15.4. The first-order valence-corrected chi connectivity index (χ1v) is 8.68. The number of rotatable bonds is 4. The molecule has 0 spiro atoms. The first-order valence-electron chi connectivity index (χ1n) is 7.86. The summed E-state index contributed by atoms with van der Waals surface area (Å²) in [6.45, 7) is 4.33. The molecule has 0 radical (unpaired) electrons. The van der Waals surface area contributed by atoms with Gasteiger partial charge in [0.25, 0.3) is 0 Å². The Morgan fingerprint density at radius 1 is 1.05 bits per heavy atom. The number of benzene rings is 1. The predicted molar refractivity (Wildman–Crippen MR) is 94.9 cm³/mol. The van der Waals surface area contributed by atoms with Crippen molar-refractivity contribution >= 4 is 28.9 Å². The normalized spacial score (nSPS) is 15.4. The molecule has 1 aliphatic heterocycles. The van der Waals surface area contributed by atoms with Crippen LogP contribution in [0.5, 0.6) is 0 Å². The molecule has 0 atom stereocenters. The van der Waals surface area contributed by atoms with E-state index in [1.165, 1.54) is 29.8 Å². The van der Waals surface area contributed by atoms with Gasteiger partial charge < -0.3 is 4.90 Å². The molecule has 1 aromatic carbocycles. The van der Waals surface area contributed by atoms with Crippen LogP contribution in [0.25, 0.3) is 6.08 Å². The number of nitrogens with zero attached hydrogens (tertiary/aromatic N) is 1. The largest absolute Gasteiger partial charge is 0.372 e. The molecule has 22 heavy (non-hydrogen) atoms. The van der Waals surface area contributed by atoms with E-state index < -0.39 is 0 Å². The van der Waals surface area contributed by atoms with Gasteiger partial charge in [-0.05, 0) is 62.1 Å². The second-order valence-electron chi connectivity index (χ2n) is 5.75. The van der Waals surface area contributed by atoms with Gasteiger partial charge >= 0.3 is 0 Å². The van der Waals surface area contributed by atoms with Crippen LogP contribution in [-0.4, -0.2) is 18.9 Å². The van der Waals surface area contributed by atoms with Gasteiger partial charge in [-0.1, -0.05) is 18.2 Å². The maximum absolute atomic E-state index is 12.1. The van der Waals surface area contributed by atoms with Crippen molar-refractivity contribution in [2.75, 3.05) is 18.0 Å². The minimum atomic E-state index is 0.0817. The van der Waals surface area contributed by atoms with E-state index in [1.54, 1.807) is 17.4 Å². The minimum Gasteiger partial charge on any atom is -0.372 e. The summed E-state index contributed by atoms with van der Waals surface area (Å²) in [5, 5.41) is 0. The highest BCUT2D eigenvalue weighted by molar-refractivity contribution is 7.14. The molecular weight excluding hydrogens is 290 g/mol. The lowest BCUT2D eigenvalue weighted by atomic mass is 10.1. The Hall–Kier alpha value is -1.87. The second kappa shape index (κ2) is 6.93. The van der Waals surface area contributed by atoms with E-state index in [0.29, 0.717) is 0 Å². The highest BCUT2D eigenvalue weighted by Crippen LogP contribution is 2.21. The zero-order valence-corrected chi connectivity index (χ0v) is 13.7. The standard InChI is InChI=1S/C19H21NOS/c1-15-5-12-19(22-15)18(21)11-8-16-6-9-17(10-7-16)20-13-3-2-4-14-20/h5-12H,2-4,13-14H2,1H3/b11-8+. The molecule has 1 aliphatic rings. The van der Waals surface area contributed by atoms with Gasteiger partial charge in [0.05, 0.1) is 4.88 Å². The van der Waals surface area contributed by atoms with Crippen LogP contribution in [0.3, 0.4) is 0 Å². The van der Waals surface area contributed by atoms with E-state index in [0.717, 1.165) is 23.5 Å². The molecule has 0 unspecified atom stereocenters. The van der Waals surface area contributed by atoms with Crippen molar-refractivity contribution in [2.45, 2.75) is 26.2 Å². The third kappa shape index (κ3) is 3.66. The smallest absolute Gasteiger partial charge is 0.195 e.